The van der Waals surface area contributed by atoms with Crippen molar-refractivity contribution in [3.8, 4) is 11.5 Å². The van der Waals surface area contributed by atoms with Gasteiger partial charge in [0, 0.05) is 31.2 Å². The second-order valence-electron chi connectivity index (χ2n) is 10.3. The van der Waals surface area contributed by atoms with Gasteiger partial charge >= 0.3 is 0 Å². The molecule has 1 fully saturated rings. The van der Waals surface area contributed by atoms with Gasteiger partial charge in [-0.15, -0.1) is 0 Å². The van der Waals surface area contributed by atoms with E-state index in [1.165, 1.54) is 0 Å². The summed E-state index contributed by atoms with van der Waals surface area (Å²) in [6.07, 6.45) is 0.920. The van der Waals surface area contributed by atoms with Gasteiger partial charge in [0.05, 0.1) is 43.4 Å². The second-order valence-corrected chi connectivity index (χ2v) is 10.8. The molecule has 2 aliphatic heterocycles. The number of fused-ring (bicyclic) bond motifs is 2. The molecule has 2 aliphatic rings. The van der Waals surface area contributed by atoms with E-state index in [0.29, 0.717) is 78.5 Å². The number of hydrogen-bond acceptors (Lipinski definition) is 7. The summed E-state index contributed by atoms with van der Waals surface area (Å²) in [5.74, 6) is 1.52. The maximum atomic E-state index is 13.9. The smallest absolute Gasteiger partial charge is 0.290 e. The van der Waals surface area contributed by atoms with Crippen molar-refractivity contribution in [2.24, 2.45) is 5.92 Å². The molecule has 0 spiro atoms. The summed E-state index contributed by atoms with van der Waals surface area (Å²) in [4.78, 5) is 31.6. The Morgan fingerprint density at radius 3 is 2.56 bits per heavy atom. The van der Waals surface area contributed by atoms with E-state index >= 15 is 0 Å². The van der Waals surface area contributed by atoms with E-state index in [0.717, 1.165) is 25.1 Å². The average molecular weight is 555 g/mol. The van der Waals surface area contributed by atoms with E-state index in [1.807, 2.05) is 25.1 Å². The number of ether oxygens (including phenoxy) is 3. The molecule has 1 amide bonds. The number of carbonyl (C=O) groups is 1. The molecule has 0 bridgehead atoms. The highest BCUT2D eigenvalue weighted by Crippen LogP contribution is 2.41. The highest BCUT2D eigenvalue weighted by molar-refractivity contribution is 6.31. The third-order valence-electron chi connectivity index (χ3n) is 7.22. The SMILES string of the molecule is CCOc1cc(C2c3c(oc4ccc(Cl)cc4c3=O)C(=O)N2CCN2CCOCC2)ccc1OCCC(C)C. The Hall–Kier alpha value is -3.07. The first kappa shape index (κ1) is 27.5. The fourth-order valence-corrected chi connectivity index (χ4v) is 5.30. The van der Waals surface area contributed by atoms with Crippen LogP contribution in [0.25, 0.3) is 11.0 Å². The zero-order chi connectivity index (χ0) is 27.5. The van der Waals surface area contributed by atoms with Crippen molar-refractivity contribution >= 4 is 28.5 Å². The molecule has 1 unspecified atom stereocenters. The summed E-state index contributed by atoms with van der Waals surface area (Å²) in [6.45, 7) is 11.3. The lowest BCUT2D eigenvalue weighted by Crippen LogP contribution is -2.42. The Labute approximate surface area is 233 Å². The molecule has 9 heteroatoms. The monoisotopic (exact) mass is 554 g/mol. The minimum atomic E-state index is -0.628. The predicted molar refractivity (Wildman–Crippen MR) is 150 cm³/mol. The maximum absolute atomic E-state index is 13.9. The van der Waals surface area contributed by atoms with Gasteiger partial charge in [-0.25, -0.2) is 0 Å². The van der Waals surface area contributed by atoms with Gasteiger partial charge in [-0.1, -0.05) is 31.5 Å². The summed E-state index contributed by atoms with van der Waals surface area (Å²) in [5, 5.41) is 0.786. The summed E-state index contributed by atoms with van der Waals surface area (Å²) in [7, 11) is 0. The number of amides is 1. The molecule has 1 saturated heterocycles. The molecule has 0 aliphatic carbocycles. The van der Waals surface area contributed by atoms with Gasteiger partial charge in [-0.3, -0.25) is 14.5 Å². The van der Waals surface area contributed by atoms with Gasteiger partial charge in [0.2, 0.25) is 5.76 Å². The average Bonchev–Trinajstić information content (AvgIpc) is 3.20. The zero-order valence-electron chi connectivity index (χ0n) is 22.7. The van der Waals surface area contributed by atoms with Crippen LogP contribution in [0.3, 0.4) is 0 Å². The van der Waals surface area contributed by atoms with E-state index in [-0.39, 0.29) is 17.1 Å². The topological polar surface area (TPSA) is 81.5 Å². The van der Waals surface area contributed by atoms with Gasteiger partial charge < -0.3 is 23.5 Å². The number of morpholine rings is 1. The van der Waals surface area contributed by atoms with Crippen molar-refractivity contribution in [3.63, 3.8) is 0 Å². The molecule has 5 rings (SSSR count). The normalized spacial score (nSPS) is 17.7. The van der Waals surface area contributed by atoms with Gasteiger partial charge in [0.15, 0.2) is 16.9 Å². The van der Waals surface area contributed by atoms with Crippen LogP contribution in [0.4, 0.5) is 0 Å². The molecule has 3 aromatic rings. The lowest BCUT2D eigenvalue weighted by molar-refractivity contribution is 0.0314. The third-order valence-corrected chi connectivity index (χ3v) is 7.46. The summed E-state index contributed by atoms with van der Waals surface area (Å²) in [5.41, 5.74) is 1.18. The predicted octanol–water partition coefficient (Wildman–Crippen LogP) is 5.15. The summed E-state index contributed by atoms with van der Waals surface area (Å²) >= 11 is 6.22. The van der Waals surface area contributed by atoms with E-state index in [1.54, 1.807) is 23.1 Å². The van der Waals surface area contributed by atoms with Crippen LogP contribution in [0.5, 0.6) is 11.5 Å². The molecule has 3 heterocycles. The quantitative estimate of drug-likeness (QED) is 0.343. The van der Waals surface area contributed by atoms with E-state index in [9.17, 15) is 9.59 Å². The highest BCUT2D eigenvalue weighted by atomic mass is 35.5. The van der Waals surface area contributed by atoms with Gasteiger partial charge in [0.1, 0.15) is 5.58 Å². The number of benzene rings is 2. The fraction of sp³-hybridized carbons (Fsp3) is 0.467. The van der Waals surface area contributed by atoms with Gasteiger partial charge in [-0.05, 0) is 55.2 Å². The van der Waals surface area contributed by atoms with Crippen LogP contribution in [0.1, 0.15) is 54.9 Å². The van der Waals surface area contributed by atoms with E-state index < -0.39 is 6.04 Å². The van der Waals surface area contributed by atoms with Crippen LogP contribution in [-0.2, 0) is 4.74 Å². The number of hydrogen-bond donors (Lipinski definition) is 0. The molecule has 39 heavy (non-hydrogen) atoms. The molecule has 2 aromatic carbocycles. The minimum Gasteiger partial charge on any atom is -0.490 e. The number of rotatable bonds is 10. The molecular formula is C30H35ClN2O6. The summed E-state index contributed by atoms with van der Waals surface area (Å²) in [6, 6.07) is 9.90. The van der Waals surface area contributed by atoms with E-state index in [2.05, 4.69) is 18.7 Å². The zero-order valence-corrected chi connectivity index (χ0v) is 23.5. The molecule has 8 nitrogen and oxygen atoms in total. The number of halogens is 1. The van der Waals surface area contributed by atoms with Crippen LogP contribution < -0.4 is 14.9 Å². The lowest BCUT2D eigenvalue weighted by Gasteiger charge is -2.31. The Kier molecular flexibility index (Phi) is 8.45. The second kappa shape index (κ2) is 12.0. The Morgan fingerprint density at radius 1 is 1.03 bits per heavy atom. The summed E-state index contributed by atoms with van der Waals surface area (Å²) < 4.78 is 23.5. The maximum Gasteiger partial charge on any atom is 0.290 e. The Bertz CT molecular complexity index is 1400. The first-order chi connectivity index (χ1) is 18.9. The van der Waals surface area contributed by atoms with Crippen LogP contribution in [-0.4, -0.2) is 68.3 Å². The third kappa shape index (κ3) is 5.78. The fourth-order valence-electron chi connectivity index (χ4n) is 5.13. The van der Waals surface area contributed by atoms with Crippen molar-refractivity contribution in [2.45, 2.75) is 33.2 Å². The van der Waals surface area contributed by atoms with E-state index in [4.69, 9.17) is 30.2 Å². The van der Waals surface area contributed by atoms with Crippen molar-refractivity contribution < 1.29 is 23.4 Å². The molecule has 0 radical (unpaired) electrons. The van der Waals surface area contributed by atoms with Crippen LogP contribution in [0.2, 0.25) is 5.02 Å². The molecule has 0 saturated carbocycles. The molecule has 0 N–H and O–H groups in total. The van der Waals surface area contributed by atoms with Crippen molar-refractivity contribution in [1.29, 1.82) is 0 Å². The first-order valence-electron chi connectivity index (χ1n) is 13.6. The van der Waals surface area contributed by atoms with Crippen LogP contribution in [0, 0.1) is 5.92 Å². The number of nitrogens with zero attached hydrogens (tertiary/aromatic N) is 2. The van der Waals surface area contributed by atoms with Crippen molar-refractivity contribution in [2.75, 3.05) is 52.6 Å². The molecular weight excluding hydrogens is 520 g/mol. The first-order valence-corrected chi connectivity index (χ1v) is 14.0. The molecule has 1 aromatic heterocycles. The lowest BCUT2D eigenvalue weighted by atomic mass is 9.98. The molecule has 1 atom stereocenters. The number of carbonyl (C=O) groups excluding carboxylic acids is 1. The van der Waals surface area contributed by atoms with Crippen LogP contribution in [0.15, 0.2) is 45.6 Å². The minimum absolute atomic E-state index is 0.0806. The van der Waals surface area contributed by atoms with Gasteiger partial charge in [0.25, 0.3) is 5.91 Å². The Balaban J connectivity index is 1.56. The molecule has 208 valence electrons. The largest absolute Gasteiger partial charge is 0.490 e. The van der Waals surface area contributed by atoms with Crippen LogP contribution >= 0.6 is 11.6 Å². The Morgan fingerprint density at radius 2 is 1.82 bits per heavy atom. The van der Waals surface area contributed by atoms with Gasteiger partial charge in [-0.2, -0.15) is 0 Å². The standard InChI is InChI=1S/C30H35ClN2O6/c1-4-37-25-17-20(5-7-24(25)38-14-9-19(2)3)27-26-28(34)22-18-21(31)6-8-23(22)39-29(26)30(35)33(27)11-10-32-12-15-36-16-13-32/h5-8,17-19,27H,4,9-16H2,1-3H3. The van der Waals surface area contributed by atoms with Crippen molar-refractivity contribution in [3.05, 3.63) is 68.5 Å². The highest BCUT2D eigenvalue weighted by Gasteiger charge is 2.43. The van der Waals surface area contributed by atoms with Crippen molar-refractivity contribution in [1.82, 2.24) is 9.80 Å².